The lowest BCUT2D eigenvalue weighted by atomic mass is 9.99. The van der Waals surface area contributed by atoms with E-state index in [1.807, 2.05) is 47.4 Å². The number of carbonyl (C=O) groups excluding carboxylic acids is 1. The molecule has 0 spiro atoms. The first kappa shape index (κ1) is 18.8. The monoisotopic (exact) mass is 437 g/mol. The molecule has 0 atom stereocenters. The fourth-order valence-electron chi connectivity index (χ4n) is 3.50. The molecule has 0 bridgehead atoms. The smallest absolute Gasteiger partial charge is 0.275 e. The number of halogens is 1. The van der Waals surface area contributed by atoms with Gasteiger partial charge in [0.05, 0.1) is 6.54 Å². The number of nitrogens with zero attached hydrogens (tertiary/aromatic N) is 4. The number of aromatic nitrogens is 3. The van der Waals surface area contributed by atoms with Crippen LogP contribution < -0.4 is 15.8 Å². The Labute approximate surface area is 180 Å². The van der Waals surface area contributed by atoms with Crippen LogP contribution in [0.5, 0.6) is 0 Å². The highest BCUT2D eigenvalue weighted by Gasteiger charge is 2.24. The summed E-state index contributed by atoms with van der Waals surface area (Å²) < 4.78 is 1.28. The van der Waals surface area contributed by atoms with Gasteiger partial charge in [0.2, 0.25) is 16.0 Å². The lowest BCUT2D eigenvalue weighted by Gasteiger charge is -2.30. The Hall–Kier alpha value is -3.23. The molecule has 4 aromatic rings. The second-order valence-corrected chi connectivity index (χ2v) is 8.35. The highest BCUT2D eigenvalue weighted by atomic mass is 35.5. The van der Waals surface area contributed by atoms with Gasteiger partial charge in [-0.05, 0) is 47.9 Å². The van der Waals surface area contributed by atoms with Gasteiger partial charge in [0.15, 0.2) is 0 Å². The van der Waals surface area contributed by atoms with Crippen LogP contribution in [0.25, 0.3) is 4.96 Å². The van der Waals surface area contributed by atoms with E-state index in [0.717, 1.165) is 22.5 Å². The zero-order chi connectivity index (χ0) is 20.7. The van der Waals surface area contributed by atoms with Gasteiger partial charge >= 0.3 is 0 Å². The van der Waals surface area contributed by atoms with Crippen LogP contribution in [0, 0.1) is 0 Å². The Morgan fingerprint density at radius 2 is 1.90 bits per heavy atom. The quantitative estimate of drug-likeness (QED) is 0.521. The summed E-state index contributed by atoms with van der Waals surface area (Å²) in [6, 6.07) is 14.8. The number of aryl methyl sites for hydroxylation is 1. The van der Waals surface area contributed by atoms with Crippen molar-refractivity contribution < 1.29 is 4.79 Å². The summed E-state index contributed by atoms with van der Waals surface area (Å²) >= 11 is 7.27. The maximum Gasteiger partial charge on any atom is 0.275 e. The predicted octanol–water partition coefficient (Wildman–Crippen LogP) is 4.03. The van der Waals surface area contributed by atoms with Crippen LogP contribution in [0.2, 0.25) is 5.02 Å². The van der Waals surface area contributed by atoms with Crippen molar-refractivity contribution in [2.75, 3.05) is 10.2 Å². The minimum Gasteiger partial charge on any atom is -0.330 e. The van der Waals surface area contributed by atoms with Crippen molar-refractivity contribution in [2.24, 2.45) is 0 Å². The van der Waals surface area contributed by atoms with E-state index in [0.29, 0.717) is 34.5 Å². The Morgan fingerprint density at radius 3 is 2.70 bits per heavy atom. The van der Waals surface area contributed by atoms with E-state index in [2.05, 4.69) is 15.4 Å². The number of benzene rings is 2. The third-order valence-electron chi connectivity index (χ3n) is 4.96. The van der Waals surface area contributed by atoms with Gasteiger partial charge in [0, 0.05) is 35.1 Å². The molecule has 2 aromatic carbocycles. The van der Waals surface area contributed by atoms with Crippen LogP contribution >= 0.6 is 22.9 Å². The zero-order valence-electron chi connectivity index (χ0n) is 15.7. The average molecular weight is 438 g/mol. The summed E-state index contributed by atoms with van der Waals surface area (Å²) in [5.74, 6) is 0.106. The Morgan fingerprint density at radius 1 is 1.07 bits per heavy atom. The van der Waals surface area contributed by atoms with Crippen LogP contribution in [-0.2, 0) is 17.8 Å². The van der Waals surface area contributed by atoms with Gasteiger partial charge in [-0.25, -0.2) is 4.98 Å². The fraction of sp³-hybridized carbons (Fsp3) is 0.143. The summed E-state index contributed by atoms with van der Waals surface area (Å²) in [6.07, 6.45) is 2.62. The van der Waals surface area contributed by atoms with E-state index in [9.17, 15) is 9.59 Å². The number of fused-ring (bicyclic) bond motifs is 2. The standard InChI is InChI=1S/C21H16ClN5O2S/c22-15-4-1-13(2-5-15)12-26-17-7-6-16(11-14(17)3-8-18(26)28)24-20-25-27-19(29)9-10-23-21(27)30-20/h1-2,4-7,9-11H,3,8,12H2,(H,24,25). The van der Waals surface area contributed by atoms with Gasteiger partial charge in [0.1, 0.15) is 0 Å². The molecule has 0 fully saturated rings. The molecule has 30 heavy (non-hydrogen) atoms. The third kappa shape index (κ3) is 3.55. The fourth-order valence-corrected chi connectivity index (χ4v) is 4.42. The number of carbonyl (C=O) groups is 1. The molecule has 3 heterocycles. The number of rotatable bonds is 4. The van der Waals surface area contributed by atoms with Gasteiger partial charge in [-0.15, -0.1) is 5.10 Å². The summed E-state index contributed by atoms with van der Waals surface area (Å²) in [5, 5.41) is 8.78. The van der Waals surface area contributed by atoms with E-state index in [-0.39, 0.29) is 11.5 Å². The minimum atomic E-state index is -0.217. The molecule has 0 radical (unpaired) electrons. The van der Waals surface area contributed by atoms with Crippen LogP contribution in [0.15, 0.2) is 59.5 Å². The Kier molecular flexibility index (Phi) is 4.72. The Balaban J connectivity index is 1.42. The summed E-state index contributed by atoms with van der Waals surface area (Å²) in [6.45, 7) is 0.502. The van der Waals surface area contributed by atoms with Crippen molar-refractivity contribution in [3.8, 4) is 0 Å². The topological polar surface area (TPSA) is 79.6 Å². The molecule has 1 amide bonds. The molecular formula is C21H16ClN5O2S. The molecule has 150 valence electrons. The predicted molar refractivity (Wildman–Crippen MR) is 118 cm³/mol. The largest absolute Gasteiger partial charge is 0.330 e. The molecule has 5 rings (SSSR count). The van der Waals surface area contributed by atoms with Crippen LogP contribution in [-0.4, -0.2) is 20.5 Å². The van der Waals surface area contributed by atoms with Gasteiger partial charge in [0.25, 0.3) is 5.56 Å². The Bertz CT molecular complexity index is 1320. The molecule has 7 nitrogen and oxygen atoms in total. The van der Waals surface area contributed by atoms with Crippen molar-refractivity contribution in [1.82, 2.24) is 14.6 Å². The number of nitrogens with one attached hydrogen (secondary N) is 1. The second kappa shape index (κ2) is 7.55. The maximum atomic E-state index is 12.6. The van der Waals surface area contributed by atoms with Gasteiger partial charge in [-0.2, -0.15) is 4.52 Å². The molecule has 0 unspecified atom stereocenters. The molecular weight excluding hydrogens is 422 g/mol. The average Bonchev–Trinajstić information content (AvgIpc) is 3.15. The SMILES string of the molecule is O=C1CCc2cc(Nc3nn4c(=O)ccnc4s3)ccc2N1Cc1ccc(Cl)cc1. The minimum absolute atomic E-state index is 0.106. The lowest BCUT2D eigenvalue weighted by Crippen LogP contribution is -2.34. The van der Waals surface area contributed by atoms with Crippen LogP contribution in [0.3, 0.4) is 0 Å². The first-order valence-electron chi connectivity index (χ1n) is 9.36. The van der Waals surface area contributed by atoms with Crippen molar-refractivity contribution in [3.63, 3.8) is 0 Å². The van der Waals surface area contributed by atoms with E-state index >= 15 is 0 Å². The number of amides is 1. The summed E-state index contributed by atoms with van der Waals surface area (Å²) in [4.78, 5) is 30.9. The van der Waals surface area contributed by atoms with Gasteiger partial charge in [-0.1, -0.05) is 35.1 Å². The van der Waals surface area contributed by atoms with E-state index < -0.39 is 0 Å². The molecule has 9 heteroatoms. The van der Waals surface area contributed by atoms with Crippen molar-refractivity contribution in [3.05, 3.63) is 81.2 Å². The van der Waals surface area contributed by atoms with Crippen LogP contribution in [0.1, 0.15) is 17.5 Å². The number of hydrogen-bond acceptors (Lipinski definition) is 6. The molecule has 1 aliphatic rings. The zero-order valence-corrected chi connectivity index (χ0v) is 17.3. The normalized spacial score (nSPS) is 13.5. The summed E-state index contributed by atoms with van der Waals surface area (Å²) in [7, 11) is 0. The lowest BCUT2D eigenvalue weighted by molar-refractivity contribution is -0.119. The van der Waals surface area contributed by atoms with E-state index in [4.69, 9.17) is 11.6 Å². The number of hydrogen-bond donors (Lipinski definition) is 1. The molecule has 0 saturated carbocycles. The first-order valence-corrected chi connectivity index (χ1v) is 10.6. The van der Waals surface area contributed by atoms with Crippen molar-refractivity contribution in [1.29, 1.82) is 0 Å². The maximum absolute atomic E-state index is 12.6. The van der Waals surface area contributed by atoms with Gasteiger partial charge < -0.3 is 10.2 Å². The molecule has 1 N–H and O–H groups in total. The van der Waals surface area contributed by atoms with Gasteiger partial charge in [-0.3, -0.25) is 9.59 Å². The molecule has 0 aliphatic carbocycles. The van der Waals surface area contributed by atoms with E-state index in [1.165, 1.54) is 28.1 Å². The van der Waals surface area contributed by atoms with E-state index in [1.54, 1.807) is 0 Å². The summed E-state index contributed by atoms with van der Waals surface area (Å²) in [5.41, 5.74) is 3.65. The second-order valence-electron chi connectivity index (χ2n) is 6.96. The first-order chi connectivity index (χ1) is 14.6. The molecule has 2 aromatic heterocycles. The molecule has 1 aliphatic heterocycles. The van der Waals surface area contributed by atoms with Crippen LogP contribution in [0.4, 0.5) is 16.5 Å². The molecule has 0 saturated heterocycles. The van der Waals surface area contributed by atoms with Crippen molar-refractivity contribution >= 4 is 50.3 Å². The third-order valence-corrected chi connectivity index (χ3v) is 6.05. The van der Waals surface area contributed by atoms with Crippen molar-refractivity contribution in [2.45, 2.75) is 19.4 Å². The highest BCUT2D eigenvalue weighted by molar-refractivity contribution is 7.20. The number of anilines is 3. The highest BCUT2D eigenvalue weighted by Crippen LogP contribution is 2.33.